The number of piperazine rings is 1. The highest BCUT2D eigenvalue weighted by molar-refractivity contribution is 7.88. The van der Waals surface area contributed by atoms with E-state index in [9.17, 15) is 26.4 Å². The fraction of sp³-hybridized carbons (Fsp3) is 0.500. The number of halogens is 5. The Morgan fingerprint density at radius 3 is 2.34 bits per heavy atom. The smallest absolute Gasteiger partial charge is 0.417 e. The van der Waals surface area contributed by atoms with E-state index >= 15 is 0 Å². The summed E-state index contributed by atoms with van der Waals surface area (Å²) in [6.45, 7) is 2.13. The second-order valence-corrected chi connectivity index (χ2v) is 12.2. The average molecular weight is 595 g/mol. The van der Waals surface area contributed by atoms with Crippen LogP contribution in [0.25, 0.3) is 0 Å². The lowest BCUT2D eigenvalue weighted by molar-refractivity contribution is -0.137. The molecule has 2 aliphatic rings. The largest absolute Gasteiger partial charge is 0.478 e. The normalized spacial score (nSPS) is 21.1. The summed E-state index contributed by atoms with van der Waals surface area (Å²) in [5, 5.41) is 0.813. The lowest BCUT2D eigenvalue weighted by Crippen LogP contribution is -2.53. The molecule has 2 aromatic rings. The summed E-state index contributed by atoms with van der Waals surface area (Å²) in [4.78, 5) is 20.4. The number of carbonyl (C=O) groups is 1. The number of hydrogen-bond acceptors (Lipinski definition) is 5. The first-order valence-corrected chi connectivity index (χ1v) is 14.5. The Morgan fingerprint density at radius 2 is 1.76 bits per heavy atom. The van der Waals surface area contributed by atoms with Crippen LogP contribution in [0.2, 0.25) is 10.0 Å². The molecular weight excluding hydrogens is 568 g/mol. The Kier molecular flexibility index (Phi) is 8.65. The van der Waals surface area contributed by atoms with Crippen molar-refractivity contribution in [2.45, 2.75) is 18.5 Å². The molecule has 2 saturated heterocycles. The number of rotatable bonds is 6. The van der Waals surface area contributed by atoms with Gasteiger partial charge in [-0.1, -0.05) is 29.3 Å². The number of hydrogen-bond donors (Lipinski definition) is 0. The minimum absolute atomic E-state index is 0.0250. The number of ether oxygens (including phenoxy) is 1. The average Bonchev–Trinajstić information content (AvgIpc) is 3.29. The molecule has 8 nitrogen and oxygen atoms in total. The minimum atomic E-state index is -4.48. The Morgan fingerprint density at radius 1 is 1.05 bits per heavy atom. The Balaban J connectivity index is 1.43. The van der Waals surface area contributed by atoms with E-state index in [4.69, 9.17) is 27.9 Å². The molecule has 0 radical (unpaired) electrons. The number of carbonyl (C=O) groups excluding carboxylic acids is 1. The van der Waals surface area contributed by atoms with Crippen LogP contribution in [0.1, 0.15) is 23.5 Å². The van der Waals surface area contributed by atoms with E-state index < -0.39 is 21.8 Å². The third-order valence-electron chi connectivity index (χ3n) is 6.86. The van der Waals surface area contributed by atoms with Crippen molar-refractivity contribution in [3.8, 4) is 5.88 Å². The number of benzene rings is 1. The van der Waals surface area contributed by atoms with E-state index in [0.29, 0.717) is 42.6 Å². The Hall–Kier alpha value is -2.28. The first-order valence-electron chi connectivity index (χ1n) is 11.9. The van der Waals surface area contributed by atoms with Crippen LogP contribution in [0.3, 0.4) is 0 Å². The van der Waals surface area contributed by atoms with Crippen LogP contribution >= 0.6 is 23.2 Å². The molecule has 0 aliphatic carbocycles. The monoisotopic (exact) mass is 594 g/mol. The van der Waals surface area contributed by atoms with Crippen LogP contribution < -0.4 is 4.74 Å². The highest BCUT2D eigenvalue weighted by atomic mass is 35.5. The first-order chi connectivity index (χ1) is 17.8. The summed E-state index contributed by atoms with van der Waals surface area (Å²) < 4.78 is 68.9. The quantitative estimate of drug-likeness (QED) is 0.488. The van der Waals surface area contributed by atoms with Crippen LogP contribution in [-0.2, 0) is 16.2 Å². The van der Waals surface area contributed by atoms with Gasteiger partial charge < -0.3 is 14.5 Å². The maximum absolute atomic E-state index is 13.3. The van der Waals surface area contributed by atoms with Crippen molar-refractivity contribution in [3.63, 3.8) is 0 Å². The minimum Gasteiger partial charge on any atom is -0.478 e. The van der Waals surface area contributed by atoms with E-state index in [1.807, 2.05) is 6.07 Å². The van der Waals surface area contributed by atoms with Gasteiger partial charge in [-0.15, -0.1) is 0 Å². The van der Waals surface area contributed by atoms with E-state index in [-0.39, 0.29) is 43.4 Å². The number of amides is 2. The number of nitrogens with zero attached hydrogens (tertiary/aromatic N) is 4. The lowest BCUT2D eigenvalue weighted by atomic mass is 9.87. The van der Waals surface area contributed by atoms with Gasteiger partial charge in [-0.3, -0.25) is 0 Å². The summed E-state index contributed by atoms with van der Waals surface area (Å²) in [6, 6.07) is 7.27. The molecule has 0 saturated carbocycles. The summed E-state index contributed by atoms with van der Waals surface area (Å²) >= 11 is 12.3. The molecule has 2 atom stereocenters. The van der Waals surface area contributed by atoms with Gasteiger partial charge in [0.1, 0.15) is 0 Å². The lowest BCUT2D eigenvalue weighted by Gasteiger charge is -2.35. The van der Waals surface area contributed by atoms with Gasteiger partial charge in [-0.25, -0.2) is 18.2 Å². The number of sulfonamides is 1. The zero-order chi connectivity index (χ0) is 27.7. The van der Waals surface area contributed by atoms with E-state index in [2.05, 4.69) is 4.98 Å². The predicted molar refractivity (Wildman–Crippen MR) is 137 cm³/mol. The van der Waals surface area contributed by atoms with Gasteiger partial charge in [0.25, 0.3) is 0 Å². The van der Waals surface area contributed by atoms with Gasteiger partial charge in [0.2, 0.25) is 15.9 Å². The summed E-state index contributed by atoms with van der Waals surface area (Å²) in [6.07, 6.45) is -2.08. The van der Waals surface area contributed by atoms with Crippen LogP contribution in [0.15, 0.2) is 36.5 Å². The Labute approximate surface area is 229 Å². The van der Waals surface area contributed by atoms with Crippen molar-refractivity contribution < 1.29 is 31.1 Å². The van der Waals surface area contributed by atoms with Crippen LogP contribution in [0, 0.1) is 5.92 Å². The van der Waals surface area contributed by atoms with Crippen molar-refractivity contribution in [1.82, 2.24) is 19.1 Å². The maximum atomic E-state index is 13.3. The van der Waals surface area contributed by atoms with Gasteiger partial charge in [0.05, 0.1) is 28.5 Å². The summed E-state index contributed by atoms with van der Waals surface area (Å²) in [5.41, 5.74) is 0.0566. The molecule has 2 aliphatic heterocycles. The fourth-order valence-electron chi connectivity index (χ4n) is 4.80. The highest BCUT2D eigenvalue weighted by Crippen LogP contribution is 2.38. The van der Waals surface area contributed by atoms with E-state index in [0.717, 1.165) is 24.1 Å². The third kappa shape index (κ3) is 6.83. The number of pyridine rings is 1. The van der Waals surface area contributed by atoms with Crippen molar-refractivity contribution >= 4 is 39.3 Å². The van der Waals surface area contributed by atoms with E-state index in [1.54, 1.807) is 21.9 Å². The molecule has 2 amide bonds. The SMILES string of the molecule is CS(=O)(=O)N1CCN(C(=O)N2C[C@@H](CCOc3ccc(C(F)(F)F)cn3)[C@@H](c3ccc(Cl)c(Cl)c3)C2)CC1. The van der Waals surface area contributed by atoms with Gasteiger partial charge in [-0.05, 0) is 36.1 Å². The van der Waals surface area contributed by atoms with Crippen LogP contribution in [0.4, 0.5) is 18.0 Å². The summed E-state index contributed by atoms with van der Waals surface area (Å²) in [5.74, 6) is -0.0168. The zero-order valence-electron chi connectivity index (χ0n) is 20.5. The number of urea groups is 1. The predicted octanol–water partition coefficient (Wildman–Crippen LogP) is 4.59. The molecule has 14 heteroatoms. The second kappa shape index (κ2) is 11.4. The molecule has 0 N–H and O–H groups in total. The molecule has 3 heterocycles. The standard InChI is InChI=1S/C24H27Cl2F3N4O4S/c1-38(35,36)33-9-7-31(8-10-33)23(34)32-14-17(19(15-32)16-2-4-20(25)21(26)12-16)6-11-37-22-5-3-18(13-30-22)24(27,28)29/h2-5,12-13,17,19H,6-11,14-15H2,1H3/t17-,19-/m1/s1. The molecule has 1 aromatic carbocycles. The molecule has 0 bridgehead atoms. The molecule has 208 valence electrons. The first kappa shape index (κ1) is 28.7. The van der Waals surface area contributed by atoms with Crippen molar-refractivity contribution in [1.29, 1.82) is 0 Å². The summed E-state index contributed by atoms with van der Waals surface area (Å²) in [7, 11) is -3.31. The molecule has 2 fully saturated rings. The molecule has 0 unspecified atom stereocenters. The maximum Gasteiger partial charge on any atom is 0.417 e. The molecule has 4 rings (SSSR count). The van der Waals surface area contributed by atoms with Gasteiger partial charge in [0, 0.05) is 57.4 Å². The molecule has 38 heavy (non-hydrogen) atoms. The highest BCUT2D eigenvalue weighted by Gasteiger charge is 2.39. The number of aromatic nitrogens is 1. The van der Waals surface area contributed by atoms with Crippen LogP contribution in [-0.4, -0.2) is 85.7 Å². The van der Waals surface area contributed by atoms with E-state index in [1.165, 1.54) is 10.4 Å². The third-order valence-corrected chi connectivity index (χ3v) is 8.91. The zero-order valence-corrected chi connectivity index (χ0v) is 22.8. The molecular formula is C24H27Cl2F3N4O4S. The second-order valence-electron chi connectivity index (χ2n) is 9.40. The Bertz CT molecular complexity index is 1260. The fourth-order valence-corrected chi connectivity index (χ4v) is 5.93. The number of alkyl halides is 3. The molecule has 0 spiro atoms. The molecule has 1 aromatic heterocycles. The number of likely N-dealkylation sites (tertiary alicyclic amines) is 1. The van der Waals surface area contributed by atoms with Crippen molar-refractivity contribution in [3.05, 3.63) is 57.7 Å². The van der Waals surface area contributed by atoms with Gasteiger partial charge in [-0.2, -0.15) is 17.5 Å². The van der Waals surface area contributed by atoms with Crippen molar-refractivity contribution in [2.75, 3.05) is 52.1 Å². The van der Waals surface area contributed by atoms with Gasteiger partial charge >= 0.3 is 12.2 Å². The topological polar surface area (TPSA) is 83.1 Å². The van der Waals surface area contributed by atoms with Crippen LogP contribution in [0.5, 0.6) is 5.88 Å². The van der Waals surface area contributed by atoms with Crippen molar-refractivity contribution in [2.24, 2.45) is 5.92 Å². The van der Waals surface area contributed by atoms with Gasteiger partial charge in [0.15, 0.2) is 0 Å².